The zero-order chi connectivity index (χ0) is 12.1. The summed E-state index contributed by atoms with van der Waals surface area (Å²) in [6, 6.07) is 0. The standard InChI is InChI=1S/C11H21NO3S/c1-7(15-16(12,13)14)9-5-4-8-6-10(9)11(8,2)3/h7-10H,4-6H2,1-3H3,(H2,12,13,14)/t7?,8-,9+,10-/m0/s1. The van der Waals surface area contributed by atoms with Crippen molar-refractivity contribution in [1.29, 1.82) is 0 Å². The van der Waals surface area contributed by atoms with Crippen molar-refractivity contribution in [2.45, 2.75) is 46.1 Å². The van der Waals surface area contributed by atoms with Gasteiger partial charge in [-0.05, 0) is 49.4 Å². The minimum absolute atomic E-state index is 0.291. The average Bonchev–Trinajstić information content (AvgIpc) is 2.15. The van der Waals surface area contributed by atoms with E-state index in [0.29, 0.717) is 17.3 Å². The van der Waals surface area contributed by atoms with Crippen LogP contribution in [0, 0.1) is 23.2 Å². The second kappa shape index (κ2) is 3.68. The van der Waals surface area contributed by atoms with Crippen LogP contribution in [0.3, 0.4) is 0 Å². The van der Waals surface area contributed by atoms with E-state index in [4.69, 9.17) is 9.32 Å². The second-order valence-corrected chi connectivity index (χ2v) is 7.07. The summed E-state index contributed by atoms with van der Waals surface area (Å²) in [5.41, 5.74) is 0.346. The normalized spacial score (nSPS) is 38.9. The first-order chi connectivity index (χ1) is 7.22. The fourth-order valence-corrected chi connectivity index (χ4v) is 4.28. The van der Waals surface area contributed by atoms with Crippen molar-refractivity contribution < 1.29 is 12.6 Å². The minimum Gasteiger partial charge on any atom is -0.255 e. The second-order valence-electron chi connectivity index (χ2n) is 5.90. The third-order valence-electron chi connectivity index (χ3n) is 4.80. The fraction of sp³-hybridized carbons (Fsp3) is 1.00. The molecule has 3 aliphatic carbocycles. The van der Waals surface area contributed by atoms with Crippen molar-refractivity contribution in [3.05, 3.63) is 0 Å². The largest absolute Gasteiger partial charge is 0.333 e. The molecule has 3 fully saturated rings. The molecule has 3 saturated carbocycles. The van der Waals surface area contributed by atoms with Gasteiger partial charge in [0.25, 0.3) is 0 Å². The van der Waals surface area contributed by atoms with E-state index in [1.807, 2.05) is 6.92 Å². The van der Waals surface area contributed by atoms with Crippen molar-refractivity contribution in [2.75, 3.05) is 0 Å². The molecule has 0 aromatic rings. The van der Waals surface area contributed by atoms with Gasteiger partial charge in [-0.2, -0.15) is 8.42 Å². The summed E-state index contributed by atoms with van der Waals surface area (Å²) in [5, 5.41) is 4.92. The summed E-state index contributed by atoms with van der Waals surface area (Å²) in [5.74, 6) is 1.73. The molecule has 0 amide bonds. The molecule has 0 aliphatic heterocycles. The summed E-state index contributed by atoms with van der Waals surface area (Å²) in [6.45, 7) is 6.38. The Morgan fingerprint density at radius 2 is 2.00 bits per heavy atom. The molecule has 4 atom stereocenters. The Hall–Kier alpha value is -0.130. The van der Waals surface area contributed by atoms with Gasteiger partial charge < -0.3 is 0 Å². The Morgan fingerprint density at radius 3 is 2.44 bits per heavy atom. The predicted octanol–water partition coefficient (Wildman–Crippen LogP) is 1.67. The zero-order valence-corrected chi connectivity index (χ0v) is 11.0. The number of fused-ring (bicyclic) bond motifs is 2. The maximum Gasteiger partial charge on any atom is 0.333 e. The van der Waals surface area contributed by atoms with Gasteiger partial charge in [0.2, 0.25) is 0 Å². The maximum absolute atomic E-state index is 10.9. The molecule has 0 saturated heterocycles. The van der Waals surface area contributed by atoms with Crippen molar-refractivity contribution in [1.82, 2.24) is 0 Å². The van der Waals surface area contributed by atoms with Gasteiger partial charge in [0, 0.05) is 0 Å². The lowest BCUT2D eigenvalue weighted by Crippen LogP contribution is -2.55. The predicted molar refractivity (Wildman–Crippen MR) is 61.8 cm³/mol. The summed E-state index contributed by atoms with van der Waals surface area (Å²) >= 11 is 0. The van der Waals surface area contributed by atoms with Gasteiger partial charge in [0.1, 0.15) is 0 Å². The smallest absolute Gasteiger partial charge is 0.255 e. The Labute approximate surface area is 97.8 Å². The molecule has 0 heterocycles. The van der Waals surface area contributed by atoms with Gasteiger partial charge >= 0.3 is 10.3 Å². The van der Waals surface area contributed by atoms with E-state index in [0.717, 1.165) is 12.3 Å². The highest BCUT2D eigenvalue weighted by molar-refractivity contribution is 7.84. The van der Waals surface area contributed by atoms with Crippen LogP contribution in [0.5, 0.6) is 0 Å². The van der Waals surface area contributed by atoms with E-state index >= 15 is 0 Å². The van der Waals surface area contributed by atoms with Crippen LogP contribution in [0.4, 0.5) is 0 Å². The van der Waals surface area contributed by atoms with Gasteiger partial charge in [-0.15, -0.1) is 0 Å². The number of rotatable bonds is 3. The highest BCUT2D eigenvalue weighted by atomic mass is 32.2. The Bertz CT molecular complexity index is 375. The summed E-state index contributed by atoms with van der Waals surface area (Å²) in [6.07, 6.45) is 3.18. The van der Waals surface area contributed by atoms with Crippen LogP contribution in [0.1, 0.15) is 40.0 Å². The van der Waals surface area contributed by atoms with E-state index in [2.05, 4.69) is 13.8 Å². The van der Waals surface area contributed by atoms with E-state index in [9.17, 15) is 8.42 Å². The number of hydrogen-bond donors (Lipinski definition) is 1. The van der Waals surface area contributed by atoms with Crippen molar-refractivity contribution >= 4 is 10.3 Å². The lowest BCUT2D eigenvalue weighted by atomic mass is 9.45. The van der Waals surface area contributed by atoms with Crippen molar-refractivity contribution in [3.63, 3.8) is 0 Å². The lowest BCUT2D eigenvalue weighted by molar-refractivity contribution is -0.128. The fourth-order valence-electron chi connectivity index (χ4n) is 3.71. The van der Waals surface area contributed by atoms with Gasteiger partial charge in [-0.1, -0.05) is 13.8 Å². The molecule has 94 valence electrons. The molecular weight excluding hydrogens is 226 g/mol. The van der Waals surface area contributed by atoms with Crippen LogP contribution < -0.4 is 5.14 Å². The van der Waals surface area contributed by atoms with E-state index in [1.165, 1.54) is 12.8 Å². The summed E-state index contributed by atoms with van der Waals surface area (Å²) in [4.78, 5) is 0. The molecule has 3 rings (SSSR count). The molecule has 16 heavy (non-hydrogen) atoms. The molecule has 0 radical (unpaired) electrons. The molecule has 5 heteroatoms. The van der Waals surface area contributed by atoms with E-state index < -0.39 is 10.3 Å². The third-order valence-corrected chi connectivity index (χ3v) is 5.37. The first-order valence-electron chi connectivity index (χ1n) is 5.93. The SMILES string of the molecule is CC(OS(N)(=O)=O)[C@H]1CC[C@H]2C[C@@H]1C2(C)C. The molecule has 0 aromatic heterocycles. The number of hydrogen-bond acceptors (Lipinski definition) is 3. The van der Waals surface area contributed by atoms with Crippen LogP contribution in [0.2, 0.25) is 0 Å². The highest BCUT2D eigenvalue weighted by Gasteiger charge is 2.55. The quantitative estimate of drug-likeness (QED) is 0.824. The summed E-state index contributed by atoms with van der Waals surface area (Å²) in [7, 11) is -3.82. The number of nitrogens with two attached hydrogens (primary N) is 1. The highest BCUT2D eigenvalue weighted by Crippen LogP contribution is 2.62. The molecule has 3 aliphatic rings. The van der Waals surface area contributed by atoms with E-state index in [1.54, 1.807) is 0 Å². The van der Waals surface area contributed by atoms with Gasteiger partial charge in [-0.25, -0.2) is 5.14 Å². The summed E-state index contributed by atoms with van der Waals surface area (Å²) < 4.78 is 26.8. The molecule has 0 spiro atoms. The molecular formula is C11H21NO3S. The zero-order valence-electron chi connectivity index (χ0n) is 10.1. The molecule has 2 N–H and O–H groups in total. The van der Waals surface area contributed by atoms with E-state index in [-0.39, 0.29) is 6.10 Å². The third kappa shape index (κ3) is 2.00. The van der Waals surface area contributed by atoms with Crippen LogP contribution in [-0.2, 0) is 14.5 Å². The molecule has 4 nitrogen and oxygen atoms in total. The van der Waals surface area contributed by atoms with Crippen LogP contribution in [0.15, 0.2) is 0 Å². The van der Waals surface area contributed by atoms with Gasteiger partial charge in [0.05, 0.1) is 6.10 Å². The first-order valence-corrected chi connectivity index (χ1v) is 7.40. The molecule has 2 bridgehead atoms. The topological polar surface area (TPSA) is 69.4 Å². The average molecular weight is 247 g/mol. The minimum atomic E-state index is -3.82. The molecule has 1 unspecified atom stereocenters. The van der Waals surface area contributed by atoms with Crippen LogP contribution in [0.25, 0.3) is 0 Å². The van der Waals surface area contributed by atoms with Gasteiger partial charge in [0.15, 0.2) is 0 Å². The Kier molecular flexibility index (Phi) is 2.84. The van der Waals surface area contributed by atoms with Crippen molar-refractivity contribution in [3.8, 4) is 0 Å². The van der Waals surface area contributed by atoms with Crippen LogP contribution in [-0.4, -0.2) is 14.5 Å². The van der Waals surface area contributed by atoms with Gasteiger partial charge in [-0.3, -0.25) is 4.18 Å². The monoisotopic (exact) mass is 247 g/mol. The Balaban J connectivity index is 2.05. The maximum atomic E-state index is 10.9. The Morgan fingerprint density at radius 1 is 1.38 bits per heavy atom. The lowest BCUT2D eigenvalue weighted by Gasteiger charge is -2.61. The first kappa shape index (κ1) is 12.3. The molecule has 0 aromatic carbocycles. The van der Waals surface area contributed by atoms with Crippen LogP contribution >= 0.6 is 0 Å². The van der Waals surface area contributed by atoms with Crippen molar-refractivity contribution in [2.24, 2.45) is 28.3 Å².